The van der Waals surface area contributed by atoms with Gasteiger partial charge in [0.25, 0.3) is 0 Å². The van der Waals surface area contributed by atoms with E-state index >= 15 is 0 Å². The Morgan fingerprint density at radius 3 is 2.78 bits per heavy atom. The number of halogens is 1. The molecule has 0 aromatic heterocycles. The lowest BCUT2D eigenvalue weighted by Gasteiger charge is -2.11. The summed E-state index contributed by atoms with van der Waals surface area (Å²) in [6.07, 6.45) is 1.82. The highest BCUT2D eigenvalue weighted by molar-refractivity contribution is 9.10. The van der Waals surface area contributed by atoms with Crippen LogP contribution in [-0.4, -0.2) is 31.4 Å². The molecule has 1 aromatic rings. The minimum atomic E-state index is 0.0307. The van der Waals surface area contributed by atoms with Gasteiger partial charge >= 0.3 is 0 Å². The molecule has 1 rings (SSSR count). The number of hydrogen-bond donors (Lipinski definition) is 2. The summed E-state index contributed by atoms with van der Waals surface area (Å²) in [6.45, 7) is 1.29. The highest BCUT2D eigenvalue weighted by atomic mass is 79.9. The van der Waals surface area contributed by atoms with Crippen molar-refractivity contribution < 1.29 is 14.7 Å². The molecule has 1 aromatic carbocycles. The van der Waals surface area contributed by atoms with Crippen molar-refractivity contribution >= 4 is 21.8 Å². The van der Waals surface area contributed by atoms with Crippen LogP contribution < -0.4 is 10.5 Å². The molecule has 0 heterocycles. The Hall–Kier alpha value is -1.27. The van der Waals surface area contributed by atoms with Crippen LogP contribution in [0.4, 0.5) is 0 Å². The van der Waals surface area contributed by atoms with E-state index < -0.39 is 0 Å². The summed E-state index contributed by atoms with van der Waals surface area (Å²) in [5.41, 5.74) is 6.16. The monoisotopic (exact) mass is 316 g/mol. The molecule has 0 fully saturated rings. The normalized spacial score (nSPS) is 11.6. The van der Waals surface area contributed by atoms with E-state index in [1.807, 2.05) is 6.07 Å². The second-order valence-electron chi connectivity index (χ2n) is 3.67. The topological polar surface area (TPSA) is 77.1 Å². The number of benzene rings is 1. The first-order chi connectivity index (χ1) is 8.69. The van der Waals surface area contributed by atoms with Crippen molar-refractivity contribution in [3.8, 4) is 5.75 Å². The van der Waals surface area contributed by atoms with Gasteiger partial charge in [0.15, 0.2) is 5.84 Å². The van der Waals surface area contributed by atoms with E-state index in [9.17, 15) is 0 Å². The van der Waals surface area contributed by atoms with Crippen LogP contribution in [0.5, 0.6) is 5.75 Å². The van der Waals surface area contributed by atoms with Gasteiger partial charge in [-0.25, -0.2) is 0 Å². The quantitative estimate of drug-likeness (QED) is 0.266. The van der Waals surface area contributed by atoms with Crippen molar-refractivity contribution in [2.24, 2.45) is 10.9 Å². The van der Waals surface area contributed by atoms with Gasteiger partial charge in [-0.1, -0.05) is 21.1 Å². The van der Waals surface area contributed by atoms with E-state index in [-0.39, 0.29) is 5.84 Å². The second-order valence-corrected chi connectivity index (χ2v) is 4.59. The lowest BCUT2D eigenvalue weighted by Crippen LogP contribution is -2.15. The maximum Gasteiger partial charge on any atom is 0.173 e. The number of nitrogens with two attached hydrogens (primary N) is 1. The third kappa shape index (κ3) is 4.54. The predicted molar refractivity (Wildman–Crippen MR) is 73.3 cm³/mol. The molecular formula is C12H17BrN2O3. The van der Waals surface area contributed by atoms with Crippen LogP contribution in [0.3, 0.4) is 0 Å². The van der Waals surface area contributed by atoms with Crippen molar-refractivity contribution in [3.05, 3.63) is 28.2 Å². The Morgan fingerprint density at radius 1 is 1.39 bits per heavy atom. The first-order valence-electron chi connectivity index (χ1n) is 5.58. The number of ether oxygens (including phenoxy) is 2. The van der Waals surface area contributed by atoms with Crippen LogP contribution >= 0.6 is 15.9 Å². The average molecular weight is 317 g/mol. The second kappa shape index (κ2) is 7.94. The average Bonchev–Trinajstić information content (AvgIpc) is 2.39. The lowest BCUT2D eigenvalue weighted by atomic mass is 10.2. The number of rotatable bonds is 7. The van der Waals surface area contributed by atoms with Gasteiger partial charge in [-0.3, -0.25) is 0 Å². The molecule has 0 aliphatic heterocycles. The van der Waals surface area contributed by atoms with Crippen LogP contribution in [0.15, 0.2) is 27.8 Å². The maximum atomic E-state index is 8.72. The van der Waals surface area contributed by atoms with Crippen molar-refractivity contribution in [3.63, 3.8) is 0 Å². The van der Waals surface area contributed by atoms with Crippen LogP contribution in [0.1, 0.15) is 18.4 Å². The Morgan fingerprint density at radius 2 is 2.11 bits per heavy atom. The fraction of sp³-hybridized carbons (Fsp3) is 0.417. The molecule has 3 N–H and O–H groups in total. The predicted octanol–water partition coefficient (Wildman–Crippen LogP) is 2.35. The smallest absolute Gasteiger partial charge is 0.173 e. The Kier molecular flexibility index (Phi) is 6.53. The molecule has 0 saturated carbocycles. The third-order valence-electron chi connectivity index (χ3n) is 2.33. The molecule has 0 aliphatic carbocycles. The summed E-state index contributed by atoms with van der Waals surface area (Å²) in [4.78, 5) is 0. The number of unbranched alkanes of at least 4 members (excludes halogenated alkanes) is 1. The molecule has 0 saturated heterocycles. The van der Waals surface area contributed by atoms with E-state index in [0.717, 1.165) is 23.9 Å². The van der Waals surface area contributed by atoms with Crippen molar-refractivity contribution in [1.82, 2.24) is 0 Å². The zero-order chi connectivity index (χ0) is 13.4. The van der Waals surface area contributed by atoms with Gasteiger partial charge in [-0.05, 0) is 31.0 Å². The standard InChI is InChI=1S/C12H17BrN2O3/c1-17-6-2-3-7-18-11-5-4-9(13)8-10(11)12(14)15-16/h4-5,8,16H,2-3,6-7H2,1H3,(H2,14,15). The Bertz CT molecular complexity index is 410. The van der Waals surface area contributed by atoms with Crippen molar-refractivity contribution in [2.45, 2.75) is 12.8 Å². The SMILES string of the molecule is COCCCCOc1ccc(Br)cc1/C(N)=N/O. The number of nitrogens with zero attached hydrogens (tertiary/aromatic N) is 1. The van der Waals surface area contributed by atoms with Gasteiger partial charge in [0, 0.05) is 18.2 Å². The molecule has 100 valence electrons. The van der Waals surface area contributed by atoms with Crippen LogP contribution in [0.25, 0.3) is 0 Å². The van der Waals surface area contributed by atoms with E-state index in [1.54, 1.807) is 19.2 Å². The van der Waals surface area contributed by atoms with E-state index in [1.165, 1.54) is 0 Å². The summed E-state index contributed by atoms with van der Waals surface area (Å²) < 4.78 is 11.4. The van der Waals surface area contributed by atoms with Crippen LogP contribution in [-0.2, 0) is 4.74 Å². The van der Waals surface area contributed by atoms with Gasteiger partial charge in [-0.2, -0.15) is 0 Å². The first kappa shape index (κ1) is 14.8. The van der Waals surface area contributed by atoms with Gasteiger partial charge in [-0.15, -0.1) is 0 Å². The Labute approximate surface area is 115 Å². The molecular weight excluding hydrogens is 300 g/mol. The highest BCUT2D eigenvalue weighted by Crippen LogP contribution is 2.23. The molecule has 18 heavy (non-hydrogen) atoms. The first-order valence-corrected chi connectivity index (χ1v) is 6.37. The molecule has 0 atom stereocenters. The van der Waals surface area contributed by atoms with Crippen LogP contribution in [0, 0.1) is 0 Å². The van der Waals surface area contributed by atoms with E-state index in [0.29, 0.717) is 17.9 Å². The van der Waals surface area contributed by atoms with E-state index in [2.05, 4.69) is 21.1 Å². The summed E-state index contributed by atoms with van der Waals surface area (Å²) in [5, 5.41) is 11.7. The van der Waals surface area contributed by atoms with E-state index in [4.69, 9.17) is 20.4 Å². The molecule has 6 heteroatoms. The summed E-state index contributed by atoms with van der Waals surface area (Å²) >= 11 is 3.33. The van der Waals surface area contributed by atoms with Crippen molar-refractivity contribution in [2.75, 3.05) is 20.3 Å². The minimum absolute atomic E-state index is 0.0307. The fourth-order valence-corrected chi connectivity index (χ4v) is 1.77. The lowest BCUT2D eigenvalue weighted by molar-refractivity contribution is 0.184. The number of hydrogen-bond acceptors (Lipinski definition) is 4. The number of amidine groups is 1. The summed E-state index contributed by atoms with van der Waals surface area (Å²) in [5.74, 6) is 0.633. The fourth-order valence-electron chi connectivity index (χ4n) is 1.41. The summed E-state index contributed by atoms with van der Waals surface area (Å²) in [6, 6.07) is 5.38. The third-order valence-corrected chi connectivity index (χ3v) is 2.82. The molecule has 0 aliphatic rings. The molecule has 0 spiro atoms. The minimum Gasteiger partial charge on any atom is -0.493 e. The van der Waals surface area contributed by atoms with Gasteiger partial charge < -0.3 is 20.4 Å². The molecule has 0 unspecified atom stereocenters. The largest absolute Gasteiger partial charge is 0.493 e. The van der Waals surface area contributed by atoms with Crippen LogP contribution in [0.2, 0.25) is 0 Å². The zero-order valence-electron chi connectivity index (χ0n) is 10.2. The number of methoxy groups -OCH3 is 1. The molecule has 0 bridgehead atoms. The Balaban J connectivity index is 2.64. The molecule has 0 radical (unpaired) electrons. The summed E-state index contributed by atoms with van der Waals surface area (Å²) in [7, 11) is 1.67. The highest BCUT2D eigenvalue weighted by Gasteiger charge is 2.09. The molecule has 0 amide bonds. The van der Waals surface area contributed by atoms with Gasteiger partial charge in [0.2, 0.25) is 0 Å². The zero-order valence-corrected chi connectivity index (χ0v) is 11.8. The van der Waals surface area contributed by atoms with Crippen molar-refractivity contribution in [1.29, 1.82) is 0 Å². The molecule has 5 nitrogen and oxygen atoms in total. The van der Waals surface area contributed by atoms with Gasteiger partial charge in [0.05, 0.1) is 12.2 Å². The number of oxime groups is 1. The van der Waals surface area contributed by atoms with Gasteiger partial charge in [0.1, 0.15) is 5.75 Å². The maximum absolute atomic E-state index is 8.72.